The van der Waals surface area contributed by atoms with Gasteiger partial charge in [0, 0.05) is 37.3 Å². The standard InChI is InChI=1S/C21H26N4O2/c1-15-12-17(24(2)23-15)14-25(21(26)20-8-5-11-27-20)10-9-16-13-22-19-7-4-3-6-18(16)19/h3-4,6-7,12-13,20,22H,5,8-11,14H2,1-2H3/t20-/m1/s1. The topological polar surface area (TPSA) is 63.1 Å². The number of ether oxygens (including phenoxy) is 1. The average molecular weight is 366 g/mol. The molecule has 6 heteroatoms. The summed E-state index contributed by atoms with van der Waals surface area (Å²) in [6.45, 7) is 3.86. The lowest BCUT2D eigenvalue weighted by atomic mass is 10.1. The number of para-hydroxylation sites is 1. The highest BCUT2D eigenvalue weighted by atomic mass is 16.5. The Morgan fingerprint density at radius 1 is 1.41 bits per heavy atom. The van der Waals surface area contributed by atoms with Gasteiger partial charge in [0.25, 0.3) is 5.91 Å². The number of fused-ring (bicyclic) bond motifs is 1. The number of amides is 1. The number of H-pyrrole nitrogens is 1. The Kier molecular flexibility index (Phi) is 4.99. The number of nitrogens with one attached hydrogen (secondary N) is 1. The fourth-order valence-electron chi connectivity index (χ4n) is 3.84. The summed E-state index contributed by atoms with van der Waals surface area (Å²) in [6.07, 6.45) is 4.32. The van der Waals surface area contributed by atoms with Crippen LogP contribution in [0.3, 0.4) is 0 Å². The molecule has 27 heavy (non-hydrogen) atoms. The van der Waals surface area contributed by atoms with E-state index in [9.17, 15) is 4.79 Å². The first kappa shape index (κ1) is 17.8. The van der Waals surface area contributed by atoms with Gasteiger partial charge in [-0.2, -0.15) is 5.10 Å². The Labute approximate surface area is 159 Å². The molecule has 0 radical (unpaired) electrons. The number of carbonyl (C=O) groups excluding carboxylic acids is 1. The van der Waals surface area contributed by atoms with Crippen molar-refractivity contribution >= 4 is 16.8 Å². The van der Waals surface area contributed by atoms with Crippen LogP contribution < -0.4 is 0 Å². The van der Waals surface area contributed by atoms with Crippen molar-refractivity contribution in [2.24, 2.45) is 7.05 Å². The van der Waals surface area contributed by atoms with Crippen molar-refractivity contribution in [2.75, 3.05) is 13.2 Å². The van der Waals surface area contributed by atoms with Gasteiger partial charge in [0.1, 0.15) is 6.10 Å². The van der Waals surface area contributed by atoms with Crippen LogP contribution in [0.25, 0.3) is 10.9 Å². The van der Waals surface area contributed by atoms with Gasteiger partial charge in [-0.25, -0.2) is 0 Å². The van der Waals surface area contributed by atoms with Crippen molar-refractivity contribution in [2.45, 2.75) is 38.8 Å². The average Bonchev–Trinajstić information content (AvgIpc) is 3.39. The Bertz CT molecular complexity index is 937. The third-order valence-corrected chi connectivity index (χ3v) is 5.29. The van der Waals surface area contributed by atoms with Gasteiger partial charge in [0.05, 0.1) is 17.9 Å². The summed E-state index contributed by atoms with van der Waals surface area (Å²) in [5.74, 6) is 0.0891. The largest absolute Gasteiger partial charge is 0.368 e. The highest BCUT2D eigenvalue weighted by Gasteiger charge is 2.28. The highest BCUT2D eigenvalue weighted by Crippen LogP contribution is 2.21. The summed E-state index contributed by atoms with van der Waals surface area (Å²) in [5, 5.41) is 5.64. The van der Waals surface area contributed by atoms with E-state index >= 15 is 0 Å². The van der Waals surface area contributed by atoms with Crippen molar-refractivity contribution in [3.63, 3.8) is 0 Å². The van der Waals surface area contributed by atoms with Crippen LogP contribution in [0.1, 0.15) is 29.8 Å². The predicted octanol–water partition coefficient (Wildman–Crippen LogP) is 2.96. The highest BCUT2D eigenvalue weighted by molar-refractivity contribution is 5.83. The van der Waals surface area contributed by atoms with Gasteiger partial charge in [0.2, 0.25) is 0 Å². The second-order valence-corrected chi connectivity index (χ2v) is 7.27. The monoisotopic (exact) mass is 366 g/mol. The van der Waals surface area contributed by atoms with E-state index in [1.165, 1.54) is 10.9 Å². The van der Waals surface area contributed by atoms with E-state index in [4.69, 9.17) is 4.74 Å². The van der Waals surface area contributed by atoms with Crippen molar-refractivity contribution < 1.29 is 9.53 Å². The lowest BCUT2D eigenvalue weighted by molar-refractivity contribution is -0.141. The molecule has 0 unspecified atom stereocenters. The van der Waals surface area contributed by atoms with Crippen molar-refractivity contribution in [3.8, 4) is 0 Å². The molecule has 142 valence electrons. The molecular weight excluding hydrogens is 340 g/mol. The molecule has 0 aliphatic carbocycles. The summed E-state index contributed by atoms with van der Waals surface area (Å²) in [4.78, 5) is 18.3. The van der Waals surface area contributed by atoms with E-state index in [1.807, 2.05) is 47.9 Å². The van der Waals surface area contributed by atoms with Gasteiger partial charge in [-0.1, -0.05) is 18.2 Å². The smallest absolute Gasteiger partial charge is 0.252 e. The number of nitrogens with zero attached hydrogens (tertiary/aromatic N) is 3. The second kappa shape index (κ2) is 7.56. The number of benzene rings is 1. The van der Waals surface area contributed by atoms with Crippen LogP contribution in [0.15, 0.2) is 36.5 Å². The molecule has 1 aliphatic rings. The maximum absolute atomic E-state index is 13.1. The summed E-state index contributed by atoms with van der Waals surface area (Å²) in [6, 6.07) is 10.3. The van der Waals surface area contributed by atoms with Crippen molar-refractivity contribution in [1.29, 1.82) is 0 Å². The van der Waals surface area contributed by atoms with E-state index < -0.39 is 0 Å². The number of aromatic amines is 1. The maximum Gasteiger partial charge on any atom is 0.252 e. The summed E-state index contributed by atoms with van der Waals surface area (Å²) >= 11 is 0. The van der Waals surface area contributed by atoms with Crippen LogP contribution in [0, 0.1) is 6.92 Å². The molecule has 1 fully saturated rings. The molecule has 1 atom stereocenters. The van der Waals surface area contributed by atoms with E-state index in [2.05, 4.69) is 22.2 Å². The summed E-state index contributed by atoms with van der Waals surface area (Å²) < 4.78 is 7.51. The number of carbonyl (C=O) groups is 1. The van der Waals surface area contributed by atoms with Crippen LogP contribution in [0.4, 0.5) is 0 Å². The Morgan fingerprint density at radius 2 is 2.26 bits per heavy atom. The van der Waals surface area contributed by atoms with Gasteiger partial charge in [0.15, 0.2) is 0 Å². The van der Waals surface area contributed by atoms with Gasteiger partial charge >= 0.3 is 0 Å². The summed E-state index contributed by atoms with van der Waals surface area (Å²) in [5.41, 5.74) is 4.37. The molecule has 0 saturated carbocycles. The van der Waals surface area contributed by atoms with Crippen LogP contribution >= 0.6 is 0 Å². The molecule has 6 nitrogen and oxygen atoms in total. The van der Waals surface area contributed by atoms with Crippen LogP contribution in [-0.4, -0.2) is 44.8 Å². The van der Waals surface area contributed by atoms with Crippen LogP contribution in [0.2, 0.25) is 0 Å². The van der Waals surface area contributed by atoms with E-state index in [0.717, 1.165) is 36.2 Å². The molecule has 3 aromatic rings. The maximum atomic E-state index is 13.1. The molecule has 1 amide bonds. The molecule has 1 saturated heterocycles. The lowest BCUT2D eigenvalue weighted by Gasteiger charge is -2.25. The summed E-state index contributed by atoms with van der Waals surface area (Å²) in [7, 11) is 1.93. The Morgan fingerprint density at radius 3 is 3.00 bits per heavy atom. The minimum atomic E-state index is -0.303. The molecule has 1 N–H and O–H groups in total. The minimum Gasteiger partial charge on any atom is -0.368 e. The molecule has 0 spiro atoms. The second-order valence-electron chi connectivity index (χ2n) is 7.27. The Balaban J connectivity index is 1.53. The predicted molar refractivity (Wildman–Crippen MR) is 104 cm³/mol. The van der Waals surface area contributed by atoms with Gasteiger partial charge < -0.3 is 14.6 Å². The molecule has 0 bridgehead atoms. The quantitative estimate of drug-likeness (QED) is 0.729. The zero-order valence-corrected chi connectivity index (χ0v) is 15.9. The zero-order valence-electron chi connectivity index (χ0n) is 15.9. The Hall–Kier alpha value is -2.60. The first-order valence-electron chi connectivity index (χ1n) is 9.57. The molecule has 2 aromatic heterocycles. The van der Waals surface area contributed by atoms with Gasteiger partial charge in [-0.05, 0) is 43.9 Å². The molecule has 1 aliphatic heterocycles. The fraction of sp³-hybridized carbons (Fsp3) is 0.429. The minimum absolute atomic E-state index is 0.0891. The van der Waals surface area contributed by atoms with Crippen molar-refractivity contribution in [3.05, 3.63) is 53.5 Å². The fourth-order valence-corrected chi connectivity index (χ4v) is 3.84. The van der Waals surface area contributed by atoms with Gasteiger partial charge in [-0.3, -0.25) is 9.48 Å². The van der Waals surface area contributed by atoms with Gasteiger partial charge in [-0.15, -0.1) is 0 Å². The van der Waals surface area contributed by atoms with Crippen LogP contribution in [-0.2, 0) is 29.5 Å². The molecule has 1 aromatic carbocycles. The molecule has 3 heterocycles. The number of rotatable bonds is 6. The number of aryl methyl sites for hydroxylation is 2. The number of aromatic nitrogens is 3. The van der Waals surface area contributed by atoms with Crippen LogP contribution in [0.5, 0.6) is 0 Å². The first-order chi connectivity index (χ1) is 13.1. The third kappa shape index (κ3) is 3.76. The lowest BCUT2D eigenvalue weighted by Crippen LogP contribution is -2.40. The molecular formula is C21H26N4O2. The van der Waals surface area contributed by atoms with E-state index in [0.29, 0.717) is 19.7 Å². The van der Waals surface area contributed by atoms with E-state index in [-0.39, 0.29) is 12.0 Å². The number of hydrogen-bond donors (Lipinski definition) is 1. The molecule has 4 rings (SSSR count). The SMILES string of the molecule is Cc1cc(CN(CCc2c[nH]c3ccccc23)C(=O)[C@H]2CCCO2)n(C)n1. The zero-order chi connectivity index (χ0) is 18.8. The van der Waals surface area contributed by atoms with Crippen molar-refractivity contribution in [1.82, 2.24) is 19.7 Å². The first-order valence-corrected chi connectivity index (χ1v) is 9.57. The normalized spacial score (nSPS) is 16.9. The van der Waals surface area contributed by atoms with E-state index in [1.54, 1.807) is 0 Å². The number of hydrogen-bond acceptors (Lipinski definition) is 3. The third-order valence-electron chi connectivity index (χ3n) is 5.29.